The Bertz CT molecular complexity index is 566. The molecular formula is C17H23ClN2S. The lowest BCUT2D eigenvalue weighted by atomic mass is 10.0. The maximum Gasteiger partial charge on any atom is 0.0642 e. The second-order valence-corrected chi connectivity index (χ2v) is 7.11. The maximum atomic E-state index is 6.45. The fourth-order valence-electron chi connectivity index (χ4n) is 2.54. The molecule has 2 N–H and O–H groups in total. The van der Waals surface area contributed by atoms with Crippen molar-refractivity contribution >= 4 is 28.6 Å². The van der Waals surface area contributed by atoms with E-state index in [2.05, 4.69) is 42.5 Å². The van der Waals surface area contributed by atoms with Crippen LogP contribution in [0, 0.1) is 0 Å². The number of hydrogen-bond acceptors (Lipinski definition) is 3. The fraction of sp³-hybridized carbons (Fsp3) is 0.412. The highest BCUT2D eigenvalue weighted by molar-refractivity contribution is 7.09. The Hall–Kier alpha value is -1.03. The van der Waals surface area contributed by atoms with E-state index < -0.39 is 0 Å². The highest BCUT2D eigenvalue weighted by Gasteiger charge is 2.18. The molecule has 1 heterocycles. The van der Waals surface area contributed by atoms with Crippen LogP contribution in [0.5, 0.6) is 0 Å². The Kier molecular flexibility index (Phi) is 5.68. The average Bonchev–Trinajstić information content (AvgIpc) is 2.90. The molecule has 114 valence electrons. The van der Waals surface area contributed by atoms with E-state index in [1.165, 1.54) is 10.4 Å². The highest BCUT2D eigenvalue weighted by Crippen LogP contribution is 2.32. The fourth-order valence-corrected chi connectivity index (χ4v) is 3.70. The summed E-state index contributed by atoms with van der Waals surface area (Å²) in [4.78, 5) is 3.68. The molecule has 2 atom stereocenters. The lowest BCUT2D eigenvalue weighted by Crippen LogP contribution is -2.32. The first-order valence-electron chi connectivity index (χ1n) is 7.27. The summed E-state index contributed by atoms with van der Waals surface area (Å²) in [5.41, 5.74) is 8.30. The zero-order valence-electron chi connectivity index (χ0n) is 12.8. The van der Waals surface area contributed by atoms with Gasteiger partial charge in [-0.25, -0.2) is 0 Å². The number of para-hydroxylation sites is 1. The number of hydrogen-bond donors (Lipinski definition) is 1. The number of nitrogens with two attached hydrogens (primary N) is 1. The molecule has 0 aliphatic rings. The maximum absolute atomic E-state index is 6.45. The first kappa shape index (κ1) is 16.3. The summed E-state index contributed by atoms with van der Waals surface area (Å²) in [6, 6.07) is 10.9. The summed E-state index contributed by atoms with van der Waals surface area (Å²) < 4.78 is 0. The van der Waals surface area contributed by atoms with Crippen LogP contribution in [0.1, 0.15) is 24.3 Å². The number of thiophene rings is 1. The third-order valence-corrected chi connectivity index (χ3v) is 4.91. The van der Waals surface area contributed by atoms with E-state index in [0.29, 0.717) is 6.04 Å². The van der Waals surface area contributed by atoms with Crippen molar-refractivity contribution in [1.29, 1.82) is 0 Å². The Morgan fingerprint density at radius 1 is 1.19 bits per heavy atom. The molecular weight excluding hydrogens is 300 g/mol. The third kappa shape index (κ3) is 4.22. The van der Waals surface area contributed by atoms with Crippen molar-refractivity contribution in [1.82, 2.24) is 0 Å². The highest BCUT2D eigenvalue weighted by atomic mass is 35.5. The summed E-state index contributed by atoms with van der Waals surface area (Å²) in [5, 5.41) is 2.92. The van der Waals surface area contributed by atoms with Gasteiger partial charge in [0.05, 0.1) is 10.7 Å². The van der Waals surface area contributed by atoms with Crippen LogP contribution >= 0.6 is 22.9 Å². The van der Waals surface area contributed by atoms with Gasteiger partial charge in [0.15, 0.2) is 0 Å². The van der Waals surface area contributed by atoms with Gasteiger partial charge in [-0.15, -0.1) is 11.3 Å². The molecule has 0 aliphatic carbocycles. The van der Waals surface area contributed by atoms with Crippen LogP contribution in [0.15, 0.2) is 35.7 Å². The van der Waals surface area contributed by atoms with Crippen LogP contribution in [-0.4, -0.2) is 19.1 Å². The molecule has 0 fully saturated rings. The molecule has 0 saturated carbocycles. The van der Waals surface area contributed by atoms with Crippen molar-refractivity contribution in [3.63, 3.8) is 0 Å². The van der Waals surface area contributed by atoms with Gasteiger partial charge in [-0.2, -0.15) is 0 Å². The largest absolute Gasteiger partial charge is 0.370 e. The number of halogens is 1. The number of benzene rings is 1. The van der Waals surface area contributed by atoms with Gasteiger partial charge >= 0.3 is 0 Å². The second kappa shape index (κ2) is 7.30. The minimum Gasteiger partial charge on any atom is -0.370 e. The summed E-state index contributed by atoms with van der Waals surface area (Å²) in [6.07, 6.45) is 1.86. The zero-order chi connectivity index (χ0) is 15.4. The standard InChI is InChI=1S/C17H23ClN2S/c1-12(19)10-14-6-4-8-16(18)17(14)20(3)13(2)11-15-7-5-9-21-15/h4-9,12-13H,10-11,19H2,1-3H3. The average molecular weight is 323 g/mol. The van der Waals surface area contributed by atoms with E-state index in [-0.39, 0.29) is 6.04 Å². The lowest BCUT2D eigenvalue weighted by Gasteiger charge is -2.30. The molecule has 0 bridgehead atoms. The SMILES string of the molecule is CC(N)Cc1cccc(Cl)c1N(C)C(C)Cc1cccs1. The Labute approximate surface area is 136 Å². The van der Waals surface area contributed by atoms with E-state index in [1.54, 1.807) is 11.3 Å². The normalized spacial score (nSPS) is 14.0. The zero-order valence-corrected chi connectivity index (χ0v) is 14.4. The lowest BCUT2D eigenvalue weighted by molar-refractivity contribution is 0.677. The molecule has 21 heavy (non-hydrogen) atoms. The predicted octanol–water partition coefficient (Wildman–Crippen LogP) is 4.36. The summed E-state index contributed by atoms with van der Waals surface area (Å²) in [6.45, 7) is 4.26. The van der Waals surface area contributed by atoms with Crippen LogP contribution in [0.25, 0.3) is 0 Å². The predicted molar refractivity (Wildman–Crippen MR) is 94.7 cm³/mol. The Morgan fingerprint density at radius 2 is 1.95 bits per heavy atom. The minimum absolute atomic E-state index is 0.128. The van der Waals surface area contributed by atoms with Gasteiger partial charge in [-0.05, 0) is 43.3 Å². The van der Waals surface area contributed by atoms with Crippen molar-refractivity contribution in [2.75, 3.05) is 11.9 Å². The van der Waals surface area contributed by atoms with Crippen LogP contribution in [0.2, 0.25) is 5.02 Å². The van der Waals surface area contributed by atoms with Crippen molar-refractivity contribution in [2.45, 2.75) is 38.8 Å². The topological polar surface area (TPSA) is 29.3 Å². The van der Waals surface area contributed by atoms with E-state index in [0.717, 1.165) is 23.6 Å². The number of anilines is 1. The molecule has 0 spiro atoms. The molecule has 2 rings (SSSR count). The summed E-state index contributed by atoms with van der Waals surface area (Å²) >= 11 is 8.26. The second-order valence-electron chi connectivity index (χ2n) is 5.67. The molecule has 2 unspecified atom stereocenters. The van der Waals surface area contributed by atoms with Gasteiger partial charge in [0, 0.05) is 30.4 Å². The van der Waals surface area contributed by atoms with Gasteiger partial charge < -0.3 is 10.6 Å². The molecule has 0 saturated heterocycles. The van der Waals surface area contributed by atoms with Gasteiger partial charge in [-0.3, -0.25) is 0 Å². The van der Waals surface area contributed by atoms with Gasteiger partial charge in [-0.1, -0.05) is 29.8 Å². The van der Waals surface area contributed by atoms with Crippen molar-refractivity contribution in [3.8, 4) is 0 Å². The van der Waals surface area contributed by atoms with Crippen molar-refractivity contribution in [2.24, 2.45) is 5.73 Å². The summed E-state index contributed by atoms with van der Waals surface area (Å²) in [7, 11) is 2.12. The molecule has 0 aliphatic heterocycles. The van der Waals surface area contributed by atoms with Crippen molar-refractivity contribution in [3.05, 3.63) is 51.2 Å². The first-order chi connectivity index (χ1) is 9.99. The summed E-state index contributed by atoms with van der Waals surface area (Å²) in [5.74, 6) is 0. The third-order valence-electron chi connectivity index (χ3n) is 3.70. The number of rotatable bonds is 6. The van der Waals surface area contributed by atoms with Gasteiger partial charge in [0.2, 0.25) is 0 Å². The Balaban J connectivity index is 2.22. The molecule has 2 nitrogen and oxygen atoms in total. The van der Waals surface area contributed by atoms with Crippen molar-refractivity contribution < 1.29 is 0 Å². The van der Waals surface area contributed by atoms with Gasteiger partial charge in [0.1, 0.15) is 0 Å². The monoisotopic (exact) mass is 322 g/mol. The first-order valence-corrected chi connectivity index (χ1v) is 8.53. The van der Waals surface area contributed by atoms with Crippen LogP contribution in [-0.2, 0) is 12.8 Å². The molecule has 0 radical (unpaired) electrons. The van der Waals surface area contributed by atoms with Crippen LogP contribution in [0.3, 0.4) is 0 Å². The minimum atomic E-state index is 0.128. The number of nitrogens with zero attached hydrogens (tertiary/aromatic N) is 1. The molecule has 2 aromatic rings. The van der Waals surface area contributed by atoms with Gasteiger partial charge in [0.25, 0.3) is 0 Å². The quantitative estimate of drug-likeness (QED) is 0.856. The molecule has 4 heteroatoms. The van der Waals surface area contributed by atoms with E-state index in [9.17, 15) is 0 Å². The Morgan fingerprint density at radius 3 is 2.57 bits per heavy atom. The van der Waals surface area contributed by atoms with Crippen LogP contribution < -0.4 is 10.6 Å². The van der Waals surface area contributed by atoms with Crippen LogP contribution in [0.4, 0.5) is 5.69 Å². The smallest absolute Gasteiger partial charge is 0.0642 e. The molecule has 1 aromatic carbocycles. The van der Waals surface area contributed by atoms with E-state index >= 15 is 0 Å². The van der Waals surface area contributed by atoms with E-state index in [1.807, 2.05) is 19.1 Å². The number of likely N-dealkylation sites (N-methyl/N-ethyl adjacent to an activating group) is 1. The molecule has 0 amide bonds. The van der Waals surface area contributed by atoms with E-state index in [4.69, 9.17) is 17.3 Å². The molecule has 1 aromatic heterocycles.